The van der Waals surface area contributed by atoms with Gasteiger partial charge in [-0.2, -0.15) is 5.10 Å². The second kappa shape index (κ2) is 4.58. The topological polar surface area (TPSA) is 112 Å². The summed E-state index contributed by atoms with van der Waals surface area (Å²) in [6.07, 6.45) is 5.16. The molecule has 2 aromatic heterocycles. The SMILES string of the molecule is N[C@@H](Cc1cnc[nH]1)C(=O)Nc1ccn[nH]1. The molecule has 5 N–H and O–H groups in total. The number of H-pyrrole nitrogens is 2. The molecule has 2 aromatic rings. The van der Waals surface area contributed by atoms with E-state index in [0.717, 1.165) is 5.69 Å². The first kappa shape index (κ1) is 10.4. The third-order valence-electron chi connectivity index (χ3n) is 2.09. The highest BCUT2D eigenvalue weighted by Gasteiger charge is 2.15. The van der Waals surface area contributed by atoms with Crippen molar-refractivity contribution in [2.45, 2.75) is 12.5 Å². The Labute approximate surface area is 91.5 Å². The van der Waals surface area contributed by atoms with Crippen molar-refractivity contribution in [1.29, 1.82) is 0 Å². The predicted molar refractivity (Wildman–Crippen MR) is 57.5 cm³/mol. The van der Waals surface area contributed by atoms with Crippen LogP contribution >= 0.6 is 0 Å². The monoisotopic (exact) mass is 220 g/mol. The number of carbonyl (C=O) groups is 1. The molecular formula is C9H12N6O. The fourth-order valence-electron chi connectivity index (χ4n) is 1.28. The zero-order valence-corrected chi connectivity index (χ0v) is 8.47. The van der Waals surface area contributed by atoms with Gasteiger partial charge in [-0.25, -0.2) is 4.98 Å². The van der Waals surface area contributed by atoms with Gasteiger partial charge >= 0.3 is 0 Å². The second-order valence-electron chi connectivity index (χ2n) is 3.35. The van der Waals surface area contributed by atoms with E-state index in [1.807, 2.05) is 0 Å². The zero-order valence-electron chi connectivity index (χ0n) is 8.47. The van der Waals surface area contributed by atoms with E-state index < -0.39 is 6.04 Å². The standard InChI is InChI=1S/C9H12N6O/c10-7(3-6-4-11-5-12-6)9(16)14-8-1-2-13-15-8/h1-2,4-5,7H,3,10H2,(H,11,12)(H2,13,14,15,16)/t7-/m0/s1. The number of carbonyl (C=O) groups excluding carboxylic acids is 1. The van der Waals surface area contributed by atoms with Crippen LogP contribution in [0, 0.1) is 0 Å². The van der Waals surface area contributed by atoms with Gasteiger partial charge in [0.05, 0.1) is 18.6 Å². The van der Waals surface area contributed by atoms with Crippen LogP contribution in [-0.4, -0.2) is 32.1 Å². The molecule has 0 aliphatic heterocycles. The van der Waals surface area contributed by atoms with Gasteiger partial charge in [-0.3, -0.25) is 9.89 Å². The molecule has 0 spiro atoms. The van der Waals surface area contributed by atoms with Crippen LogP contribution in [0.5, 0.6) is 0 Å². The average molecular weight is 220 g/mol. The highest BCUT2D eigenvalue weighted by atomic mass is 16.2. The Morgan fingerprint density at radius 3 is 3.12 bits per heavy atom. The molecule has 2 rings (SSSR count). The van der Waals surface area contributed by atoms with Crippen LogP contribution in [0.1, 0.15) is 5.69 Å². The van der Waals surface area contributed by atoms with Crippen LogP contribution in [-0.2, 0) is 11.2 Å². The first-order valence-corrected chi connectivity index (χ1v) is 4.79. The molecule has 0 unspecified atom stereocenters. The number of amides is 1. The summed E-state index contributed by atoms with van der Waals surface area (Å²) in [5, 5.41) is 8.96. The van der Waals surface area contributed by atoms with Crippen molar-refractivity contribution < 1.29 is 4.79 Å². The zero-order chi connectivity index (χ0) is 11.4. The number of hydrogen-bond donors (Lipinski definition) is 4. The Morgan fingerprint density at radius 1 is 1.62 bits per heavy atom. The van der Waals surface area contributed by atoms with Crippen LogP contribution in [0.2, 0.25) is 0 Å². The minimum absolute atomic E-state index is 0.265. The van der Waals surface area contributed by atoms with Crippen molar-refractivity contribution in [3.05, 3.63) is 30.5 Å². The maximum absolute atomic E-state index is 11.6. The first-order chi connectivity index (χ1) is 7.75. The Balaban J connectivity index is 1.90. The second-order valence-corrected chi connectivity index (χ2v) is 3.35. The molecule has 0 radical (unpaired) electrons. The molecule has 0 aromatic carbocycles. The molecule has 0 saturated heterocycles. The number of nitrogens with two attached hydrogens (primary N) is 1. The van der Waals surface area contributed by atoms with Gasteiger partial charge in [0.25, 0.3) is 0 Å². The van der Waals surface area contributed by atoms with E-state index in [0.29, 0.717) is 12.2 Å². The molecule has 2 heterocycles. The number of anilines is 1. The van der Waals surface area contributed by atoms with Crippen LogP contribution in [0.15, 0.2) is 24.8 Å². The van der Waals surface area contributed by atoms with Crippen LogP contribution in [0.25, 0.3) is 0 Å². The van der Waals surface area contributed by atoms with Gasteiger partial charge in [-0.05, 0) is 0 Å². The highest BCUT2D eigenvalue weighted by Crippen LogP contribution is 2.02. The lowest BCUT2D eigenvalue weighted by Gasteiger charge is -2.09. The van der Waals surface area contributed by atoms with Crippen molar-refractivity contribution in [3.8, 4) is 0 Å². The number of nitrogens with zero attached hydrogens (tertiary/aromatic N) is 2. The smallest absolute Gasteiger partial charge is 0.242 e. The first-order valence-electron chi connectivity index (χ1n) is 4.79. The molecule has 1 atom stereocenters. The molecular weight excluding hydrogens is 208 g/mol. The minimum atomic E-state index is -0.622. The molecule has 7 nitrogen and oxygen atoms in total. The summed E-state index contributed by atoms with van der Waals surface area (Å²) in [6.45, 7) is 0. The number of hydrogen-bond acceptors (Lipinski definition) is 4. The van der Waals surface area contributed by atoms with E-state index in [9.17, 15) is 4.79 Å². The summed E-state index contributed by atoms with van der Waals surface area (Å²) in [6, 6.07) is 1.03. The van der Waals surface area contributed by atoms with E-state index in [1.54, 1.807) is 24.8 Å². The quantitative estimate of drug-likeness (QED) is 0.563. The lowest BCUT2D eigenvalue weighted by Crippen LogP contribution is -2.37. The normalized spacial score (nSPS) is 12.3. The van der Waals surface area contributed by atoms with Gasteiger partial charge in [-0.1, -0.05) is 0 Å². The molecule has 0 fully saturated rings. The number of aromatic amines is 2. The number of rotatable bonds is 4. The van der Waals surface area contributed by atoms with Gasteiger partial charge in [-0.15, -0.1) is 0 Å². The summed E-state index contributed by atoms with van der Waals surface area (Å²) in [4.78, 5) is 18.4. The number of nitrogens with one attached hydrogen (secondary N) is 3. The summed E-state index contributed by atoms with van der Waals surface area (Å²) < 4.78 is 0. The molecule has 84 valence electrons. The molecule has 0 saturated carbocycles. The lowest BCUT2D eigenvalue weighted by molar-refractivity contribution is -0.117. The Kier molecular flexibility index (Phi) is 2.97. The Hall–Kier alpha value is -2.15. The van der Waals surface area contributed by atoms with E-state index in [1.165, 1.54) is 0 Å². The number of imidazole rings is 1. The molecule has 16 heavy (non-hydrogen) atoms. The molecule has 1 amide bonds. The van der Waals surface area contributed by atoms with Crippen molar-refractivity contribution in [1.82, 2.24) is 20.2 Å². The third-order valence-corrected chi connectivity index (χ3v) is 2.09. The third kappa shape index (κ3) is 2.45. The Morgan fingerprint density at radius 2 is 2.50 bits per heavy atom. The van der Waals surface area contributed by atoms with Crippen molar-refractivity contribution in [2.24, 2.45) is 5.73 Å². The fourth-order valence-corrected chi connectivity index (χ4v) is 1.28. The van der Waals surface area contributed by atoms with Crippen LogP contribution in [0.3, 0.4) is 0 Å². The van der Waals surface area contributed by atoms with Crippen molar-refractivity contribution >= 4 is 11.7 Å². The van der Waals surface area contributed by atoms with Crippen molar-refractivity contribution in [2.75, 3.05) is 5.32 Å². The van der Waals surface area contributed by atoms with Gasteiger partial charge in [0, 0.05) is 24.4 Å². The highest BCUT2D eigenvalue weighted by molar-refractivity contribution is 5.93. The lowest BCUT2D eigenvalue weighted by atomic mass is 10.1. The number of aromatic nitrogens is 4. The maximum Gasteiger partial charge on any atom is 0.242 e. The van der Waals surface area contributed by atoms with Crippen LogP contribution < -0.4 is 11.1 Å². The van der Waals surface area contributed by atoms with Gasteiger partial charge in [0.15, 0.2) is 0 Å². The van der Waals surface area contributed by atoms with E-state index in [-0.39, 0.29) is 5.91 Å². The van der Waals surface area contributed by atoms with E-state index in [4.69, 9.17) is 5.73 Å². The summed E-state index contributed by atoms with van der Waals surface area (Å²) in [5.74, 6) is 0.268. The van der Waals surface area contributed by atoms with Crippen LogP contribution in [0.4, 0.5) is 5.82 Å². The summed E-state index contributed by atoms with van der Waals surface area (Å²) in [7, 11) is 0. The van der Waals surface area contributed by atoms with Gasteiger partial charge < -0.3 is 16.0 Å². The largest absolute Gasteiger partial charge is 0.348 e. The Bertz CT molecular complexity index is 435. The summed E-state index contributed by atoms with van der Waals surface area (Å²) >= 11 is 0. The molecule has 0 aliphatic rings. The molecule has 0 bridgehead atoms. The van der Waals surface area contributed by atoms with E-state index in [2.05, 4.69) is 25.5 Å². The fraction of sp³-hybridized carbons (Fsp3) is 0.222. The minimum Gasteiger partial charge on any atom is -0.348 e. The van der Waals surface area contributed by atoms with Crippen molar-refractivity contribution in [3.63, 3.8) is 0 Å². The maximum atomic E-state index is 11.6. The summed E-state index contributed by atoms with van der Waals surface area (Å²) in [5.41, 5.74) is 6.56. The molecule has 7 heteroatoms. The van der Waals surface area contributed by atoms with Gasteiger partial charge in [0.1, 0.15) is 5.82 Å². The predicted octanol–water partition coefficient (Wildman–Crippen LogP) is -0.359. The van der Waals surface area contributed by atoms with Gasteiger partial charge in [0.2, 0.25) is 5.91 Å². The average Bonchev–Trinajstić information content (AvgIpc) is 2.90. The molecule has 0 aliphatic carbocycles. The van der Waals surface area contributed by atoms with E-state index >= 15 is 0 Å².